The van der Waals surface area contributed by atoms with Gasteiger partial charge in [-0.2, -0.15) is 0 Å². The standard InChI is InChI=1S/C9H10ClN5O/c10-7-2-3-8(13-6-7)9(16)12-4-1-5-14-15-11/h2-3,6H,1,4-5H2,(H,12,16). The van der Waals surface area contributed by atoms with E-state index in [1.54, 1.807) is 12.1 Å². The average molecular weight is 240 g/mol. The molecule has 1 rings (SSSR count). The van der Waals surface area contributed by atoms with Crippen LogP contribution in [0.2, 0.25) is 5.02 Å². The summed E-state index contributed by atoms with van der Waals surface area (Å²) < 4.78 is 0. The summed E-state index contributed by atoms with van der Waals surface area (Å²) in [5, 5.41) is 6.48. The molecule has 0 saturated heterocycles. The van der Waals surface area contributed by atoms with E-state index in [4.69, 9.17) is 17.1 Å². The molecule has 7 heteroatoms. The third kappa shape index (κ3) is 4.16. The van der Waals surface area contributed by atoms with E-state index in [-0.39, 0.29) is 5.91 Å². The first-order valence-electron chi connectivity index (χ1n) is 4.64. The van der Waals surface area contributed by atoms with Crippen molar-refractivity contribution in [1.82, 2.24) is 10.3 Å². The maximum Gasteiger partial charge on any atom is 0.269 e. The summed E-state index contributed by atoms with van der Waals surface area (Å²) in [4.78, 5) is 17.9. The first-order chi connectivity index (χ1) is 7.74. The maximum absolute atomic E-state index is 11.5. The molecule has 0 aliphatic heterocycles. The molecule has 0 bridgehead atoms. The van der Waals surface area contributed by atoms with E-state index in [1.807, 2.05) is 0 Å². The van der Waals surface area contributed by atoms with E-state index in [1.165, 1.54) is 6.20 Å². The monoisotopic (exact) mass is 239 g/mol. The van der Waals surface area contributed by atoms with E-state index < -0.39 is 0 Å². The molecule has 1 aromatic rings. The molecule has 1 aromatic heterocycles. The van der Waals surface area contributed by atoms with Crippen LogP contribution in [0.3, 0.4) is 0 Å². The zero-order chi connectivity index (χ0) is 11.8. The fourth-order valence-corrected chi connectivity index (χ4v) is 1.11. The summed E-state index contributed by atoms with van der Waals surface area (Å²) in [6.45, 7) is 0.812. The number of carbonyl (C=O) groups excluding carboxylic acids is 1. The Morgan fingerprint density at radius 3 is 3.06 bits per heavy atom. The van der Waals surface area contributed by atoms with Crippen molar-refractivity contribution in [2.75, 3.05) is 13.1 Å². The number of nitrogens with zero attached hydrogens (tertiary/aromatic N) is 4. The number of nitrogens with one attached hydrogen (secondary N) is 1. The van der Waals surface area contributed by atoms with Crippen molar-refractivity contribution in [2.24, 2.45) is 5.11 Å². The molecule has 0 spiro atoms. The van der Waals surface area contributed by atoms with Gasteiger partial charge in [-0.1, -0.05) is 16.7 Å². The van der Waals surface area contributed by atoms with Crippen LogP contribution in [0.25, 0.3) is 10.4 Å². The Labute approximate surface area is 97.3 Å². The Hall–Kier alpha value is -1.78. The molecule has 1 N–H and O–H groups in total. The number of halogens is 1. The average Bonchev–Trinajstić information content (AvgIpc) is 2.29. The van der Waals surface area contributed by atoms with Gasteiger partial charge < -0.3 is 5.32 Å². The summed E-state index contributed by atoms with van der Waals surface area (Å²) in [6, 6.07) is 3.15. The van der Waals surface area contributed by atoms with Gasteiger partial charge in [0.2, 0.25) is 0 Å². The van der Waals surface area contributed by atoms with Crippen LogP contribution in [0.4, 0.5) is 0 Å². The number of azide groups is 1. The molecule has 6 nitrogen and oxygen atoms in total. The number of aromatic nitrogens is 1. The van der Waals surface area contributed by atoms with Crippen molar-refractivity contribution < 1.29 is 4.79 Å². The van der Waals surface area contributed by atoms with Gasteiger partial charge in [-0.25, -0.2) is 4.98 Å². The van der Waals surface area contributed by atoms with E-state index in [2.05, 4.69) is 20.3 Å². The molecule has 0 aliphatic rings. The van der Waals surface area contributed by atoms with Gasteiger partial charge in [0.15, 0.2) is 0 Å². The van der Waals surface area contributed by atoms with E-state index in [0.29, 0.717) is 30.2 Å². The minimum absolute atomic E-state index is 0.266. The van der Waals surface area contributed by atoms with Crippen LogP contribution in [0.1, 0.15) is 16.9 Å². The molecule has 1 heterocycles. The maximum atomic E-state index is 11.5. The summed E-state index contributed by atoms with van der Waals surface area (Å²) in [6.07, 6.45) is 2.01. The van der Waals surface area contributed by atoms with Gasteiger partial charge in [0.05, 0.1) is 5.02 Å². The molecule has 0 unspecified atom stereocenters. The van der Waals surface area contributed by atoms with Gasteiger partial charge in [-0.05, 0) is 24.1 Å². The third-order valence-corrected chi connectivity index (χ3v) is 1.97. The lowest BCUT2D eigenvalue weighted by Gasteiger charge is -2.02. The molecule has 84 valence electrons. The largest absolute Gasteiger partial charge is 0.351 e. The highest BCUT2D eigenvalue weighted by atomic mass is 35.5. The first kappa shape index (κ1) is 12.3. The minimum Gasteiger partial charge on any atom is -0.351 e. The van der Waals surface area contributed by atoms with Crippen molar-refractivity contribution in [3.05, 3.63) is 39.5 Å². The lowest BCUT2D eigenvalue weighted by molar-refractivity contribution is 0.0948. The molecule has 0 radical (unpaired) electrons. The number of hydrogen-bond donors (Lipinski definition) is 1. The normalized spacial score (nSPS) is 9.31. The van der Waals surface area contributed by atoms with Crippen molar-refractivity contribution in [2.45, 2.75) is 6.42 Å². The molecule has 0 fully saturated rings. The highest BCUT2D eigenvalue weighted by Gasteiger charge is 2.05. The van der Waals surface area contributed by atoms with Gasteiger partial charge in [0.1, 0.15) is 5.69 Å². The topological polar surface area (TPSA) is 90.8 Å². The quantitative estimate of drug-likeness (QED) is 0.369. The fraction of sp³-hybridized carbons (Fsp3) is 0.333. The predicted octanol–water partition coefficient (Wildman–Crippen LogP) is 2.17. The van der Waals surface area contributed by atoms with Crippen molar-refractivity contribution in [3.8, 4) is 0 Å². The molecule has 0 aromatic carbocycles. The van der Waals surface area contributed by atoms with Gasteiger partial charge in [-0.3, -0.25) is 4.79 Å². The molecule has 1 amide bonds. The zero-order valence-corrected chi connectivity index (χ0v) is 9.18. The summed E-state index contributed by atoms with van der Waals surface area (Å²) >= 11 is 5.64. The molecular weight excluding hydrogens is 230 g/mol. The molecule has 0 saturated carbocycles. The van der Waals surface area contributed by atoms with E-state index in [9.17, 15) is 4.79 Å². The van der Waals surface area contributed by atoms with Crippen LogP contribution in [0.15, 0.2) is 23.4 Å². The fourth-order valence-electron chi connectivity index (χ4n) is 0.997. The first-order valence-corrected chi connectivity index (χ1v) is 5.02. The van der Waals surface area contributed by atoms with Crippen molar-refractivity contribution in [1.29, 1.82) is 0 Å². The van der Waals surface area contributed by atoms with Crippen molar-refractivity contribution in [3.63, 3.8) is 0 Å². The van der Waals surface area contributed by atoms with Crippen LogP contribution in [0.5, 0.6) is 0 Å². The lowest BCUT2D eigenvalue weighted by atomic mass is 10.3. The second-order valence-electron chi connectivity index (χ2n) is 2.93. The summed E-state index contributed by atoms with van der Waals surface area (Å²) in [5.41, 5.74) is 8.34. The Morgan fingerprint density at radius 2 is 2.44 bits per heavy atom. The minimum atomic E-state index is -0.266. The van der Waals surface area contributed by atoms with Crippen LogP contribution in [-0.4, -0.2) is 24.0 Å². The molecule has 16 heavy (non-hydrogen) atoms. The summed E-state index contributed by atoms with van der Waals surface area (Å²) in [5.74, 6) is -0.266. The smallest absolute Gasteiger partial charge is 0.269 e. The van der Waals surface area contributed by atoms with Crippen LogP contribution in [0, 0.1) is 0 Å². The van der Waals surface area contributed by atoms with Gasteiger partial charge in [0, 0.05) is 24.2 Å². The number of carbonyl (C=O) groups is 1. The second-order valence-corrected chi connectivity index (χ2v) is 3.36. The molecule has 0 aliphatic carbocycles. The van der Waals surface area contributed by atoms with Gasteiger partial charge >= 0.3 is 0 Å². The lowest BCUT2D eigenvalue weighted by Crippen LogP contribution is -2.25. The Kier molecular flexibility index (Phi) is 5.11. The van der Waals surface area contributed by atoms with Gasteiger partial charge in [-0.15, -0.1) is 0 Å². The highest BCUT2D eigenvalue weighted by molar-refractivity contribution is 6.30. The number of hydrogen-bond acceptors (Lipinski definition) is 3. The Balaban J connectivity index is 2.35. The second kappa shape index (κ2) is 6.66. The Bertz CT molecular complexity index is 399. The third-order valence-electron chi connectivity index (χ3n) is 1.74. The highest BCUT2D eigenvalue weighted by Crippen LogP contribution is 2.05. The Morgan fingerprint density at radius 1 is 1.62 bits per heavy atom. The zero-order valence-electron chi connectivity index (χ0n) is 8.43. The van der Waals surface area contributed by atoms with E-state index >= 15 is 0 Å². The number of rotatable bonds is 5. The molecule has 0 atom stereocenters. The predicted molar refractivity (Wildman–Crippen MR) is 60.2 cm³/mol. The van der Waals surface area contributed by atoms with Crippen LogP contribution in [-0.2, 0) is 0 Å². The number of amides is 1. The number of pyridine rings is 1. The van der Waals surface area contributed by atoms with Crippen molar-refractivity contribution >= 4 is 17.5 Å². The van der Waals surface area contributed by atoms with E-state index in [0.717, 1.165) is 0 Å². The SMILES string of the molecule is [N-]=[N+]=NCCCNC(=O)c1ccc(Cl)cn1. The van der Waals surface area contributed by atoms with Crippen LogP contribution >= 0.6 is 11.6 Å². The summed E-state index contributed by atoms with van der Waals surface area (Å²) in [7, 11) is 0. The molecular formula is C9H10ClN5O. The van der Waals surface area contributed by atoms with Gasteiger partial charge in [0.25, 0.3) is 5.91 Å². The van der Waals surface area contributed by atoms with Crippen LogP contribution < -0.4 is 5.32 Å².